The molecule has 0 spiro atoms. The van der Waals surface area contributed by atoms with Gasteiger partial charge in [0.2, 0.25) is 0 Å². The van der Waals surface area contributed by atoms with Crippen LogP contribution in [-0.2, 0) is 11.3 Å². The van der Waals surface area contributed by atoms with Crippen LogP contribution in [0, 0.1) is 0 Å². The molecule has 1 aromatic heterocycles. The summed E-state index contributed by atoms with van der Waals surface area (Å²) in [5.74, 6) is 0.591. The smallest absolute Gasteiger partial charge is 0.145 e. The second-order valence-corrected chi connectivity index (χ2v) is 6.69. The van der Waals surface area contributed by atoms with Gasteiger partial charge in [0.1, 0.15) is 5.82 Å². The van der Waals surface area contributed by atoms with Gasteiger partial charge in [-0.2, -0.15) is 5.10 Å². The minimum atomic E-state index is -0.0715. The Hall–Kier alpha value is -1.07. The van der Waals surface area contributed by atoms with E-state index in [0.717, 1.165) is 32.6 Å². The van der Waals surface area contributed by atoms with Crippen molar-refractivity contribution in [2.75, 3.05) is 25.4 Å². The van der Waals surface area contributed by atoms with Crippen molar-refractivity contribution < 1.29 is 4.74 Å². The molecule has 19 heavy (non-hydrogen) atoms. The fourth-order valence-corrected chi connectivity index (χ4v) is 3.06. The summed E-state index contributed by atoms with van der Waals surface area (Å²) in [6, 6.07) is 1.83. The first-order valence-corrected chi connectivity index (χ1v) is 6.97. The van der Waals surface area contributed by atoms with Crippen LogP contribution in [0.15, 0.2) is 12.3 Å². The van der Waals surface area contributed by atoms with Gasteiger partial charge in [-0.3, -0.25) is 9.58 Å². The molecule has 0 aromatic carbocycles. The van der Waals surface area contributed by atoms with Crippen molar-refractivity contribution in [3.8, 4) is 0 Å². The molecule has 108 valence electrons. The van der Waals surface area contributed by atoms with Gasteiger partial charge in [-0.05, 0) is 40.2 Å². The van der Waals surface area contributed by atoms with Gasteiger partial charge in [-0.25, -0.2) is 0 Å². The van der Waals surface area contributed by atoms with Crippen LogP contribution in [-0.4, -0.2) is 45.5 Å². The standard InChI is InChI=1S/C14H26N4O/c1-13(2)10-17(11-14(3,4)19-13)7-5-8-18-9-6-12(15)16-18/h6,9H,5,7-8,10-11H2,1-4H3,(H2,15,16). The summed E-state index contributed by atoms with van der Waals surface area (Å²) in [7, 11) is 0. The van der Waals surface area contributed by atoms with Gasteiger partial charge in [-0.15, -0.1) is 0 Å². The molecule has 1 aliphatic rings. The molecule has 1 aliphatic heterocycles. The number of ether oxygens (including phenoxy) is 1. The summed E-state index contributed by atoms with van der Waals surface area (Å²) in [5, 5.41) is 4.20. The van der Waals surface area contributed by atoms with Gasteiger partial charge >= 0.3 is 0 Å². The minimum absolute atomic E-state index is 0.0715. The zero-order chi connectivity index (χ0) is 14.1. The maximum atomic E-state index is 6.08. The number of anilines is 1. The Balaban J connectivity index is 1.82. The first-order chi connectivity index (χ1) is 8.76. The summed E-state index contributed by atoms with van der Waals surface area (Å²) in [6.45, 7) is 12.6. The monoisotopic (exact) mass is 266 g/mol. The molecular weight excluding hydrogens is 240 g/mol. The van der Waals surface area contributed by atoms with E-state index < -0.39 is 0 Å². The molecule has 1 fully saturated rings. The molecule has 0 amide bonds. The van der Waals surface area contributed by atoms with Crippen LogP contribution in [0.4, 0.5) is 5.82 Å². The Labute approximate surface area is 115 Å². The summed E-state index contributed by atoms with van der Waals surface area (Å²) >= 11 is 0. The minimum Gasteiger partial charge on any atom is -0.382 e. The van der Waals surface area contributed by atoms with E-state index in [4.69, 9.17) is 10.5 Å². The van der Waals surface area contributed by atoms with Crippen LogP contribution in [0.5, 0.6) is 0 Å². The second kappa shape index (κ2) is 5.13. The van der Waals surface area contributed by atoms with Crippen LogP contribution in [0.1, 0.15) is 34.1 Å². The summed E-state index contributed by atoms with van der Waals surface area (Å²) in [6.07, 6.45) is 3.01. The van der Waals surface area contributed by atoms with Crippen LogP contribution in [0.3, 0.4) is 0 Å². The normalized spacial score (nSPS) is 22.5. The van der Waals surface area contributed by atoms with Crippen LogP contribution in [0.2, 0.25) is 0 Å². The Kier molecular flexibility index (Phi) is 3.87. The highest BCUT2D eigenvalue weighted by Gasteiger charge is 2.37. The highest BCUT2D eigenvalue weighted by atomic mass is 16.5. The maximum Gasteiger partial charge on any atom is 0.145 e. The molecule has 0 atom stereocenters. The molecular formula is C14H26N4O. The molecule has 2 heterocycles. The van der Waals surface area contributed by atoms with E-state index in [1.165, 1.54) is 0 Å². The van der Waals surface area contributed by atoms with Crippen molar-refractivity contribution in [1.82, 2.24) is 14.7 Å². The van der Waals surface area contributed by atoms with Crippen LogP contribution < -0.4 is 5.73 Å². The van der Waals surface area contributed by atoms with Crippen molar-refractivity contribution in [1.29, 1.82) is 0 Å². The second-order valence-electron chi connectivity index (χ2n) is 6.69. The summed E-state index contributed by atoms with van der Waals surface area (Å²) in [4.78, 5) is 2.48. The summed E-state index contributed by atoms with van der Waals surface area (Å²) in [5.41, 5.74) is 5.46. The van der Waals surface area contributed by atoms with Crippen LogP contribution in [0.25, 0.3) is 0 Å². The van der Waals surface area contributed by atoms with Crippen LogP contribution >= 0.6 is 0 Å². The first-order valence-electron chi connectivity index (χ1n) is 6.97. The average molecular weight is 266 g/mol. The largest absolute Gasteiger partial charge is 0.382 e. The molecule has 0 radical (unpaired) electrons. The van der Waals surface area contributed by atoms with Gasteiger partial charge in [0.05, 0.1) is 11.2 Å². The van der Waals surface area contributed by atoms with Crippen molar-refractivity contribution in [3.05, 3.63) is 12.3 Å². The van der Waals surface area contributed by atoms with Gasteiger partial charge in [0.15, 0.2) is 0 Å². The Morgan fingerprint density at radius 2 is 1.84 bits per heavy atom. The van der Waals surface area contributed by atoms with Gasteiger partial charge in [0.25, 0.3) is 0 Å². The molecule has 0 aliphatic carbocycles. The number of morpholine rings is 1. The van der Waals surface area contributed by atoms with E-state index in [9.17, 15) is 0 Å². The van der Waals surface area contributed by atoms with Crippen molar-refractivity contribution in [2.24, 2.45) is 0 Å². The number of aryl methyl sites for hydroxylation is 1. The fourth-order valence-electron chi connectivity index (χ4n) is 3.06. The molecule has 0 saturated carbocycles. The molecule has 2 N–H and O–H groups in total. The van der Waals surface area contributed by atoms with E-state index >= 15 is 0 Å². The number of nitrogens with two attached hydrogens (primary N) is 1. The zero-order valence-corrected chi connectivity index (χ0v) is 12.5. The Morgan fingerprint density at radius 1 is 1.21 bits per heavy atom. The molecule has 5 nitrogen and oxygen atoms in total. The number of nitrogens with zero attached hydrogens (tertiary/aromatic N) is 3. The zero-order valence-electron chi connectivity index (χ0n) is 12.5. The highest BCUT2D eigenvalue weighted by molar-refractivity contribution is 5.23. The number of aromatic nitrogens is 2. The Morgan fingerprint density at radius 3 is 2.37 bits per heavy atom. The predicted octanol–water partition coefficient (Wildman–Crippen LogP) is 1.74. The molecule has 1 saturated heterocycles. The third-order valence-corrected chi connectivity index (χ3v) is 3.28. The lowest BCUT2D eigenvalue weighted by atomic mass is 9.99. The van der Waals surface area contributed by atoms with Gasteiger partial charge in [-0.1, -0.05) is 0 Å². The SMILES string of the molecule is CC1(C)CN(CCCn2ccc(N)n2)CC(C)(C)O1. The number of hydrogen-bond donors (Lipinski definition) is 1. The van der Waals surface area contributed by atoms with E-state index in [-0.39, 0.29) is 11.2 Å². The van der Waals surface area contributed by atoms with Crippen molar-refractivity contribution in [2.45, 2.75) is 51.9 Å². The van der Waals surface area contributed by atoms with E-state index in [1.807, 2.05) is 16.9 Å². The van der Waals surface area contributed by atoms with E-state index in [0.29, 0.717) is 5.82 Å². The summed E-state index contributed by atoms with van der Waals surface area (Å²) < 4.78 is 7.99. The average Bonchev–Trinajstić information content (AvgIpc) is 2.59. The van der Waals surface area contributed by atoms with Gasteiger partial charge < -0.3 is 10.5 Å². The lowest BCUT2D eigenvalue weighted by molar-refractivity contribution is -0.180. The van der Waals surface area contributed by atoms with Crippen molar-refractivity contribution >= 4 is 5.82 Å². The molecule has 1 aromatic rings. The van der Waals surface area contributed by atoms with E-state index in [1.54, 1.807) is 0 Å². The Bertz CT molecular complexity index is 409. The highest BCUT2D eigenvalue weighted by Crippen LogP contribution is 2.27. The number of rotatable bonds is 4. The van der Waals surface area contributed by atoms with E-state index in [2.05, 4.69) is 37.7 Å². The topological polar surface area (TPSA) is 56.3 Å². The third kappa shape index (κ3) is 4.21. The third-order valence-electron chi connectivity index (χ3n) is 3.28. The predicted molar refractivity (Wildman–Crippen MR) is 76.9 cm³/mol. The van der Waals surface area contributed by atoms with Gasteiger partial charge in [0, 0.05) is 32.4 Å². The lowest BCUT2D eigenvalue weighted by Crippen LogP contribution is -2.57. The maximum absolute atomic E-state index is 6.08. The number of nitrogen functional groups attached to an aromatic ring is 1. The fraction of sp³-hybridized carbons (Fsp3) is 0.786. The molecule has 5 heteroatoms. The first kappa shape index (κ1) is 14.3. The molecule has 2 rings (SSSR count). The molecule has 0 unspecified atom stereocenters. The lowest BCUT2D eigenvalue weighted by Gasteiger charge is -2.47. The quantitative estimate of drug-likeness (QED) is 0.902. The molecule has 0 bridgehead atoms. The number of hydrogen-bond acceptors (Lipinski definition) is 4. The van der Waals surface area contributed by atoms with Crippen molar-refractivity contribution in [3.63, 3.8) is 0 Å².